The van der Waals surface area contributed by atoms with Crippen LogP contribution in [0.25, 0.3) is 0 Å². The molecule has 1 aliphatic heterocycles. The third-order valence-corrected chi connectivity index (χ3v) is 9.92. The van der Waals surface area contributed by atoms with E-state index in [1.165, 1.54) is 6.08 Å². The molecule has 5 rings (SSSR count). The molecule has 1 saturated heterocycles. The van der Waals surface area contributed by atoms with Crippen LogP contribution >= 0.6 is 0 Å². The molecule has 1 heterocycles. The Labute approximate surface area is 203 Å². The van der Waals surface area contributed by atoms with Gasteiger partial charge in [-0.2, -0.15) is 0 Å². The number of hydrogen-bond donors (Lipinski definition) is 1. The van der Waals surface area contributed by atoms with Crippen LogP contribution in [0.2, 0.25) is 0 Å². The van der Waals surface area contributed by atoms with E-state index in [-0.39, 0.29) is 50.1 Å². The lowest BCUT2D eigenvalue weighted by Crippen LogP contribution is -2.71. The highest BCUT2D eigenvalue weighted by molar-refractivity contribution is 5.92. The van der Waals surface area contributed by atoms with Gasteiger partial charge in [-0.15, -0.1) is 0 Å². The number of halogens is 2. The second-order valence-electron chi connectivity index (χ2n) is 12.0. The van der Waals surface area contributed by atoms with E-state index in [0.717, 1.165) is 0 Å². The minimum Gasteiger partial charge on any atom is -0.456 e. The number of ketones is 2. The van der Waals surface area contributed by atoms with Gasteiger partial charge >= 0.3 is 5.97 Å². The fourth-order valence-electron chi connectivity index (χ4n) is 8.22. The van der Waals surface area contributed by atoms with Crippen LogP contribution in [0.15, 0.2) is 11.6 Å². The SMILES string of the molecule is CC1(C)OCC(=O)OCC(=O)[C@]2(CC[C@H]3[C@@H]4C[C@H](F)C5=CC(=O)CC[C@]5(C)[C@@]4(F)[C@@H](O)C[C@@]32C)O1. The molecular formula is C26H34F2O7. The molecule has 0 aromatic rings. The molecule has 8 atom stereocenters. The van der Waals surface area contributed by atoms with E-state index in [1.54, 1.807) is 27.7 Å². The molecule has 194 valence electrons. The molecule has 0 aromatic carbocycles. The van der Waals surface area contributed by atoms with Crippen molar-refractivity contribution >= 4 is 17.5 Å². The van der Waals surface area contributed by atoms with E-state index in [2.05, 4.69) is 0 Å². The smallest absolute Gasteiger partial charge is 0.332 e. The average Bonchev–Trinajstić information content (AvgIpc) is 3.07. The minimum atomic E-state index is -2.15. The molecule has 0 unspecified atom stereocenters. The number of ether oxygens (including phenoxy) is 3. The Bertz CT molecular complexity index is 1010. The Balaban J connectivity index is 1.60. The lowest BCUT2D eigenvalue weighted by molar-refractivity contribution is -0.298. The number of rotatable bonds is 0. The summed E-state index contributed by atoms with van der Waals surface area (Å²) in [6.45, 7) is 5.73. The molecule has 3 saturated carbocycles. The summed E-state index contributed by atoms with van der Waals surface area (Å²) in [5.41, 5.74) is -5.89. The van der Waals surface area contributed by atoms with Gasteiger partial charge in [-0.3, -0.25) is 9.59 Å². The summed E-state index contributed by atoms with van der Waals surface area (Å²) in [7, 11) is 0. The molecule has 0 amide bonds. The first-order valence-electron chi connectivity index (χ1n) is 12.5. The normalized spacial score (nSPS) is 49.7. The first kappa shape index (κ1) is 25.0. The van der Waals surface area contributed by atoms with Gasteiger partial charge in [0.2, 0.25) is 5.78 Å². The van der Waals surface area contributed by atoms with Crippen LogP contribution in [0, 0.1) is 22.7 Å². The van der Waals surface area contributed by atoms with Crippen LogP contribution in [0.1, 0.15) is 66.2 Å². The zero-order valence-electron chi connectivity index (χ0n) is 20.7. The molecule has 7 nitrogen and oxygen atoms in total. The number of esters is 1. The molecule has 1 spiro atoms. The standard InChI is InChI=1S/C26H34F2O7/c1-22(2)34-13-21(32)33-12-20(31)25(35-22)8-6-15-16-10-18(27)17-9-14(29)5-7-23(17,3)26(16,28)19(30)11-24(15,25)4/h9,15-16,18-19,30H,5-8,10-13H2,1-4H3/t15-,16-,18-,19-,23-,24-,25-,26-/m0/s1. The van der Waals surface area contributed by atoms with E-state index in [4.69, 9.17) is 14.2 Å². The minimum absolute atomic E-state index is 0.0891. The van der Waals surface area contributed by atoms with Crippen molar-refractivity contribution in [1.29, 1.82) is 0 Å². The van der Waals surface area contributed by atoms with Crippen molar-refractivity contribution in [2.45, 2.75) is 95.6 Å². The Morgan fingerprint density at radius 1 is 1.06 bits per heavy atom. The predicted octanol–water partition coefficient (Wildman–Crippen LogP) is 3.16. The Morgan fingerprint density at radius 2 is 1.77 bits per heavy atom. The van der Waals surface area contributed by atoms with Gasteiger partial charge in [0.25, 0.3) is 0 Å². The number of aliphatic hydroxyl groups excluding tert-OH is 1. The summed E-state index contributed by atoms with van der Waals surface area (Å²) < 4.78 is 50.0. The van der Waals surface area contributed by atoms with Gasteiger partial charge in [0, 0.05) is 23.2 Å². The van der Waals surface area contributed by atoms with Crippen molar-refractivity contribution in [3.63, 3.8) is 0 Å². The maximum absolute atomic E-state index is 17.3. The topological polar surface area (TPSA) is 99.1 Å². The van der Waals surface area contributed by atoms with E-state index >= 15 is 8.78 Å². The van der Waals surface area contributed by atoms with E-state index in [0.29, 0.717) is 6.42 Å². The number of cyclic esters (lactones) is 1. The second kappa shape index (κ2) is 7.65. The summed E-state index contributed by atoms with van der Waals surface area (Å²) >= 11 is 0. The fourth-order valence-corrected chi connectivity index (χ4v) is 8.22. The van der Waals surface area contributed by atoms with Crippen LogP contribution < -0.4 is 0 Å². The summed E-state index contributed by atoms with van der Waals surface area (Å²) in [5, 5.41) is 11.5. The monoisotopic (exact) mass is 496 g/mol. The number of aliphatic hydroxyl groups is 1. The molecule has 1 N–H and O–H groups in total. The summed E-state index contributed by atoms with van der Waals surface area (Å²) in [5.74, 6) is -4.05. The molecule has 0 radical (unpaired) electrons. The zero-order chi connectivity index (χ0) is 25.6. The number of hydrogen-bond acceptors (Lipinski definition) is 7. The number of carbonyl (C=O) groups excluding carboxylic acids is 3. The van der Waals surface area contributed by atoms with Crippen molar-refractivity contribution in [2.75, 3.05) is 13.2 Å². The maximum Gasteiger partial charge on any atom is 0.332 e. The Hall–Kier alpha value is -1.71. The van der Waals surface area contributed by atoms with Crippen molar-refractivity contribution in [2.24, 2.45) is 22.7 Å². The first-order chi connectivity index (χ1) is 16.2. The Kier molecular flexibility index (Phi) is 5.45. The van der Waals surface area contributed by atoms with Gasteiger partial charge in [0.15, 0.2) is 18.2 Å². The first-order valence-corrected chi connectivity index (χ1v) is 12.5. The van der Waals surface area contributed by atoms with Crippen molar-refractivity contribution in [1.82, 2.24) is 0 Å². The number of fused-ring (bicyclic) bond motifs is 6. The summed E-state index contributed by atoms with van der Waals surface area (Å²) in [6, 6.07) is 0. The second-order valence-corrected chi connectivity index (χ2v) is 12.0. The molecule has 5 aliphatic rings. The van der Waals surface area contributed by atoms with Gasteiger partial charge in [0.1, 0.15) is 24.0 Å². The van der Waals surface area contributed by atoms with Crippen LogP contribution in [0.5, 0.6) is 0 Å². The molecule has 4 aliphatic carbocycles. The third-order valence-electron chi connectivity index (χ3n) is 9.92. The quantitative estimate of drug-likeness (QED) is 0.515. The van der Waals surface area contributed by atoms with Crippen molar-refractivity contribution in [3.05, 3.63) is 11.6 Å². The van der Waals surface area contributed by atoms with Crippen LogP contribution in [-0.2, 0) is 28.6 Å². The largest absolute Gasteiger partial charge is 0.456 e. The molecule has 35 heavy (non-hydrogen) atoms. The van der Waals surface area contributed by atoms with Crippen LogP contribution in [0.3, 0.4) is 0 Å². The van der Waals surface area contributed by atoms with E-state index in [1.807, 2.05) is 0 Å². The average molecular weight is 497 g/mol. The summed E-state index contributed by atoms with van der Waals surface area (Å²) in [6.07, 6.45) is -1.22. The maximum atomic E-state index is 17.3. The third kappa shape index (κ3) is 3.20. The Morgan fingerprint density at radius 3 is 2.49 bits per heavy atom. The van der Waals surface area contributed by atoms with Crippen LogP contribution in [0.4, 0.5) is 8.78 Å². The van der Waals surface area contributed by atoms with Gasteiger partial charge in [-0.25, -0.2) is 13.6 Å². The van der Waals surface area contributed by atoms with Gasteiger partial charge in [0.05, 0.1) is 6.10 Å². The number of Topliss-reactive ketones (excluding diaryl/α,β-unsaturated/α-hetero) is 1. The van der Waals surface area contributed by atoms with Gasteiger partial charge in [-0.05, 0) is 63.5 Å². The van der Waals surface area contributed by atoms with Crippen LogP contribution in [-0.4, -0.2) is 65.2 Å². The number of allylic oxidation sites excluding steroid dienone is 1. The lowest BCUT2D eigenvalue weighted by atomic mass is 9.43. The van der Waals surface area contributed by atoms with Crippen molar-refractivity contribution < 1.29 is 42.5 Å². The van der Waals surface area contributed by atoms with Gasteiger partial charge in [-0.1, -0.05) is 13.8 Å². The lowest BCUT2D eigenvalue weighted by Gasteiger charge is -2.64. The molecule has 0 bridgehead atoms. The number of alkyl halides is 2. The number of carbonyl (C=O) groups is 3. The van der Waals surface area contributed by atoms with E-state index in [9.17, 15) is 19.5 Å². The summed E-state index contributed by atoms with van der Waals surface area (Å²) in [4.78, 5) is 37.7. The highest BCUT2D eigenvalue weighted by atomic mass is 19.1. The van der Waals surface area contributed by atoms with E-state index < -0.39 is 70.4 Å². The highest BCUT2D eigenvalue weighted by Gasteiger charge is 2.76. The van der Waals surface area contributed by atoms with Crippen molar-refractivity contribution in [3.8, 4) is 0 Å². The fraction of sp³-hybridized carbons (Fsp3) is 0.808. The predicted molar refractivity (Wildman–Crippen MR) is 119 cm³/mol. The van der Waals surface area contributed by atoms with Gasteiger partial charge < -0.3 is 19.3 Å². The molecule has 4 fully saturated rings. The molecule has 9 heteroatoms. The zero-order valence-corrected chi connectivity index (χ0v) is 20.7. The molecule has 0 aromatic heterocycles. The highest BCUT2D eigenvalue weighted by Crippen LogP contribution is 2.71. The molecular weight excluding hydrogens is 462 g/mol.